The number of carbonyl (C=O) groups is 2. The molecule has 3 aromatic rings. The van der Waals surface area contributed by atoms with Gasteiger partial charge in [0, 0.05) is 44.0 Å². The van der Waals surface area contributed by atoms with Gasteiger partial charge >= 0.3 is 5.97 Å². The minimum Gasteiger partial charge on any atom is -0.478 e. The van der Waals surface area contributed by atoms with E-state index in [1.807, 2.05) is 35.0 Å². The predicted octanol–water partition coefficient (Wildman–Crippen LogP) is 1.79. The molecule has 1 saturated heterocycles. The maximum Gasteiger partial charge on any atom is 0.338 e. The molecule has 0 radical (unpaired) electrons. The number of rotatable bonds is 4. The maximum atomic E-state index is 12.9. The lowest BCUT2D eigenvalue weighted by atomic mass is 10.0. The number of para-hydroxylation sites is 1. The molecular formula is C19H20N6O3. The normalized spacial score (nSPS) is 15.0. The fourth-order valence-electron chi connectivity index (χ4n) is 3.55. The highest BCUT2D eigenvalue weighted by Crippen LogP contribution is 2.23. The van der Waals surface area contributed by atoms with E-state index in [0.717, 1.165) is 23.7 Å². The number of carboxylic acids is 1. The number of aromatic amines is 1. The maximum absolute atomic E-state index is 12.9. The van der Waals surface area contributed by atoms with Gasteiger partial charge in [0.05, 0.1) is 22.8 Å². The number of fused-ring (bicyclic) bond motifs is 1. The number of anilines is 1. The number of aromatic carboxylic acids is 1. The third kappa shape index (κ3) is 3.26. The van der Waals surface area contributed by atoms with Crippen molar-refractivity contribution in [3.05, 3.63) is 47.9 Å². The van der Waals surface area contributed by atoms with Crippen molar-refractivity contribution < 1.29 is 14.7 Å². The Kier molecular flexibility index (Phi) is 4.64. The van der Waals surface area contributed by atoms with Crippen LogP contribution in [0.3, 0.4) is 0 Å². The Morgan fingerprint density at radius 1 is 1.18 bits per heavy atom. The van der Waals surface area contributed by atoms with Crippen molar-refractivity contribution in [2.45, 2.75) is 18.9 Å². The van der Waals surface area contributed by atoms with Crippen molar-refractivity contribution in [3.8, 4) is 0 Å². The van der Waals surface area contributed by atoms with Crippen LogP contribution in [0.2, 0.25) is 0 Å². The zero-order valence-corrected chi connectivity index (χ0v) is 15.4. The van der Waals surface area contributed by atoms with Crippen LogP contribution in [0.15, 0.2) is 36.8 Å². The van der Waals surface area contributed by atoms with Gasteiger partial charge in [-0.05, 0) is 18.9 Å². The number of nitrogens with one attached hydrogen (secondary N) is 1. The summed E-state index contributed by atoms with van der Waals surface area (Å²) in [4.78, 5) is 36.0. The molecule has 0 spiro atoms. The first-order valence-corrected chi connectivity index (χ1v) is 9.04. The van der Waals surface area contributed by atoms with Crippen molar-refractivity contribution in [1.29, 1.82) is 0 Å². The van der Waals surface area contributed by atoms with Crippen LogP contribution < -0.4 is 4.90 Å². The predicted molar refractivity (Wildman–Crippen MR) is 102 cm³/mol. The Hall–Kier alpha value is -3.49. The van der Waals surface area contributed by atoms with Crippen molar-refractivity contribution in [1.82, 2.24) is 25.1 Å². The molecule has 1 aliphatic heterocycles. The van der Waals surface area contributed by atoms with Crippen LogP contribution in [0.4, 0.5) is 5.95 Å². The molecule has 144 valence electrons. The molecule has 2 aromatic heterocycles. The third-order valence-corrected chi connectivity index (χ3v) is 5.21. The first-order valence-electron chi connectivity index (χ1n) is 9.04. The second kappa shape index (κ2) is 7.26. The lowest BCUT2D eigenvalue weighted by molar-refractivity contribution is 0.0693. The van der Waals surface area contributed by atoms with Gasteiger partial charge in [-0.2, -0.15) is 5.10 Å². The molecule has 28 heavy (non-hydrogen) atoms. The Morgan fingerprint density at radius 2 is 1.89 bits per heavy atom. The lowest BCUT2D eigenvalue weighted by Gasteiger charge is -2.36. The molecular weight excluding hydrogens is 360 g/mol. The van der Waals surface area contributed by atoms with E-state index in [9.17, 15) is 9.59 Å². The molecule has 0 unspecified atom stereocenters. The number of carboxylic acid groups (broad SMARTS) is 1. The molecule has 0 saturated carbocycles. The summed E-state index contributed by atoms with van der Waals surface area (Å²) in [6.07, 6.45) is 5.90. The summed E-state index contributed by atoms with van der Waals surface area (Å²) in [5, 5.41) is 16.8. The minimum atomic E-state index is -1.05. The molecule has 3 heterocycles. The summed E-state index contributed by atoms with van der Waals surface area (Å²) in [5.74, 6) is -0.566. The number of amides is 1. The second-order valence-corrected chi connectivity index (χ2v) is 6.85. The van der Waals surface area contributed by atoms with E-state index < -0.39 is 5.97 Å². The number of aromatic nitrogens is 4. The Balaban J connectivity index is 1.42. The SMILES string of the molecule is CN(c1ncc(C(=O)O)cn1)C1CCN(C(=O)c2cccc3cn[nH]c23)CC1. The summed E-state index contributed by atoms with van der Waals surface area (Å²) >= 11 is 0. The van der Waals surface area contributed by atoms with Crippen LogP contribution in [-0.2, 0) is 0 Å². The summed E-state index contributed by atoms with van der Waals surface area (Å²) in [6.45, 7) is 1.26. The van der Waals surface area contributed by atoms with E-state index in [4.69, 9.17) is 5.11 Å². The summed E-state index contributed by atoms with van der Waals surface area (Å²) in [6, 6.07) is 5.79. The van der Waals surface area contributed by atoms with E-state index in [1.165, 1.54) is 12.4 Å². The Bertz CT molecular complexity index is 1010. The third-order valence-electron chi connectivity index (χ3n) is 5.21. The molecule has 4 rings (SSSR count). The largest absolute Gasteiger partial charge is 0.478 e. The van der Waals surface area contributed by atoms with Crippen LogP contribution in [0.5, 0.6) is 0 Å². The van der Waals surface area contributed by atoms with E-state index in [0.29, 0.717) is 24.6 Å². The molecule has 1 aliphatic rings. The van der Waals surface area contributed by atoms with Crippen molar-refractivity contribution >= 4 is 28.7 Å². The Labute approximate surface area is 161 Å². The van der Waals surface area contributed by atoms with Gasteiger partial charge in [-0.25, -0.2) is 14.8 Å². The molecule has 9 nitrogen and oxygen atoms in total. The summed E-state index contributed by atoms with van der Waals surface area (Å²) in [5.41, 5.74) is 1.46. The quantitative estimate of drug-likeness (QED) is 0.709. The topological polar surface area (TPSA) is 115 Å². The first-order chi connectivity index (χ1) is 13.5. The van der Waals surface area contributed by atoms with Gasteiger partial charge in [0.1, 0.15) is 0 Å². The molecule has 9 heteroatoms. The lowest BCUT2D eigenvalue weighted by Crippen LogP contribution is -2.46. The number of benzene rings is 1. The number of carbonyl (C=O) groups excluding carboxylic acids is 1. The number of hydrogen-bond acceptors (Lipinski definition) is 6. The van der Waals surface area contributed by atoms with E-state index >= 15 is 0 Å². The monoisotopic (exact) mass is 380 g/mol. The number of piperidine rings is 1. The van der Waals surface area contributed by atoms with E-state index in [1.54, 1.807) is 6.20 Å². The standard InChI is InChI=1S/C19H20N6O3/c1-24(19-20-9-13(10-21-19)18(27)28)14-5-7-25(8-6-14)17(26)15-4-2-3-12-11-22-23-16(12)15/h2-4,9-11,14H,5-8H2,1H3,(H,22,23)(H,27,28). The first kappa shape index (κ1) is 17.9. The highest BCUT2D eigenvalue weighted by molar-refractivity contribution is 6.05. The van der Waals surface area contributed by atoms with Crippen LogP contribution in [0.1, 0.15) is 33.6 Å². The molecule has 2 N–H and O–H groups in total. The number of likely N-dealkylation sites (tertiary alicyclic amines) is 1. The zero-order chi connectivity index (χ0) is 19.7. The molecule has 0 atom stereocenters. The van der Waals surface area contributed by atoms with Crippen molar-refractivity contribution in [2.75, 3.05) is 25.0 Å². The Morgan fingerprint density at radius 3 is 2.57 bits per heavy atom. The minimum absolute atomic E-state index is 0.00184. The van der Waals surface area contributed by atoms with Gasteiger partial charge in [0.15, 0.2) is 0 Å². The van der Waals surface area contributed by atoms with Gasteiger partial charge in [-0.1, -0.05) is 12.1 Å². The average molecular weight is 380 g/mol. The molecule has 1 aromatic carbocycles. The highest BCUT2D eigenvalue weighted by atomic mass is 16.4. The molecule has 0 aliphatic carbocycles. The number of H-pyrrole nitrogens is 1. The number of hydrogen-bond donors (Lipinski definition) is 2. The number of nitrogens with zero attached hydrogens (tertiary/aromatic N) is 5. The molecule has 1 amide bonds. The van der Waals surface area contributed by atoms with Gasteiger partial charge in [0.2, 0.25) is 5.95 Å². The van der Waals surface area contributed by atoms with Crippen LogP contribution in [0.25, 0.3) is 10.9 Å². The average Bonchev–Trinajstić information content (AvgIpc) is 3.22. The fraction of sp³-hybridized carbons (Fsp3) is 0.316. The van der Waals surface area contributed by atoms with Crippen LogP contribution >= 0.6 is 0 Å². The highest BCUT2D eigenvalue weighted by Gasteiger charge is 2.28. The summed E-state index contributed by atoms with van der Waals surface area (Å²) in [7, 11) is 1.89. The van der Waals surface area contributed by atoms with Crippen molar-refractivity contribution in [3.63, 3.8) is 0 Å². The van der Waals surface area contributed by atoms with Crippen LogP contribution in [-0.4, -0.2) is 68.2 Å². The van der Waals surface area contributed by atoms with E-state index in [2.05, 4.69) is 20.2 Å². The summed E-state index contributed by atoms with van der Waals surface area (Å²) < 4.78 is 0. The second-order valence-electron chi connectivity index (χ2n) is 6.85. The molecule has 0 bridgehead atoms. The molecule has 1 fully saturated rings. The van der Waals surface area contributed by atoms with Crippen LogP contribution in [0, 0.1) is 0 Å². The van der Waals surface area contributed by atoms with Gasteiger partial charge in [-0.15, -0.1) is 0 Å². The smallest absolute Gasteiger partial charge is 0.338 e. The zero-order valence-electron chi connectivity index (χ0n) is 15.4. The fourth-order valence-corrected chi connectivity index (χ4v) is 3.55. The van der Waals surface area contributed by atoms with Gasteiger partial charge in [-0.3, -0.25) is 9.89 Å². The van der Waals surface area contributed by atoms with Crippen molar-refractivity contribution in [2.24, 2.45) is 0 Å². The van der Waals surface area contributed by atoms with Gasteiger partial charge in [0.25, 0.3) is 5.91 Å². The van der Waals surface area contributed by atoms with E-state index in [-0.39, 0.29) is 17.5 Å². The van der Waals surface area contributed by atoms with Gasteiger partial charge < -0.3 is 14.9 Å².